The van der Waals surface area contributed by atoms with E-state index in [-0.39, 0.29) is 12.4 Å². The Hall–Kier alpha value is -1.03. The van der Waals surface area contributed by atoms with Gasteiger partial charge in [0.25, 0.3) is 0 Å². The lowest BCUT2D eigenvalue weighted by Gasteiger charge is -2.04. The molecule has 0 fully saturated rings. The highest BCUT2D eigenvalue weighted by Crippen LogP contribution is 2.30. The van der Waals surface area contributed by atoms with E-state index < -0.39 is 0 Å². The summed E-state index contributed by atoms with van der Waals surface area (Å²) in [6.07, 6.45) is 0. The number of rotatable bonds is 3. The lowest BCUT2D eigenvalue weighted by Crippen LogP contribution is -1.86. The summed E-state index contributed by atoms with van der Waals surface area (Å²) < 4.78 is 13.2. The molecule has 2 aromatic rings. The van der Waals surface area contributed by atoms with Gasteiger partial charge in [0.15, 0.2) is 0 Å². The van der Waals surface area contributed by atoms with Crippen molar-refractivity contribution in [3.05, 3.63) is 58.9 Å². The number of hydrogen-bond acceptors (Lipinski definition) is 2. The monoisotopic (exact) mass is 268 g/mol. The Labute approximate surface area is 108 Å². The molecule has 1 N–H and O–H groups in total. The fraction of sp³-hybridized carbons (Fsp3) is 0.0769. The molecule has 0 aromatic heterocycles. The van der Waals surface area contributed by atoms with Gasteiger partial charge in [0, 0.05) is 14.8 Å². The zero-order valence-electron chi connectivity index (χ0n) is 8.86. The molecule has 2 aromatic carbocycles. The van der Waals surface area contributed by atoms with E-state index in [0.717, 1.165) is 9.79 Å². The second kappa shape index (κ2) is 5.54. The van der Waals surface area contributed by atoms with Crippen molar-refractivity contribution in [1.29, 1.82) is 0 Å². The molecule has 0 atom stereocenters. The van der Waals surface area contributed by atoms with Gasteiger partial charge in [-0.05, 0) is 42.0 Å². The smallest absolute Gasteiger partial charge is 0.124 e. The number of aliphatic hydroxyl groups is 1. The van der Waals surface area contributed by atoms with Gasteiger partial charge < -0.3 is 5.11 Å². The van der Waals surface area contributed by atoms with Gasteiger partial charge in [-0.15, -0.1) is 0 Å². The van der Waals surface area contributed by atoms with Gasteiger partial charge >= 0.3 is 0 Å². The highest BCUT2D eigenvalue weighted by molar-refractivity contribution is 7.99. The number of benzene rings is 2. The summed E-state index contributed by atoms with van der Waals surface area (Å²) in [4.78, 5) is 1.68. The summed E-state index contributed by atoms with van der Waals surface area (Å²) >= 11 is 7.28. The average molecular weight is 269 g/mol. The number of aliphatic hydroxyl groups excluding tert-OH is 1. The first-order valence-electron chi connectivity index (χ1n) is 5.01. The quantitative estimate of drug-likeness (QED) is 0.903. The highest BCUT2D eigenvalue weighted by Gasteiger charge is 2.03. The van der Waals surface area contributed by atoms with Crippen molar-refractivity contribution in [3.8, 4) is 0 Å². The SMILES string of the molecule is OCc1cc(F)cc(Sc2cccc(Cl)c2)c1. The van der Waals surface area contributed by atoms with Gasteiger partial charge in [-0.25, -0.2) is 4.39 Å². The van der Waals surface area contributed by atoms with Crippen molar-refractivity contribution >= 4 is 23.4 Å². The first-order valence-corrected chi connectivity index (χ1v) is 6.20. The zero-order valence-corrected chi connectivity index (χ0v) is 10.4. The van der Waals surface area contributed by atoms with Crippen LogP contribution >= 0.6 is 23.4 Å². The lowest BCUT2D eigenvalue weighted by atomic mass is 10.2. The van der Waals surface area contributed by atoms with Crippen LogP contribution in [0.5, 0.6) is 0 Å². The molecule has 0 spiro atoms. The van der Waals surface area contributed by atoms with Crippen molar-refractivity contribution < 1.29 is 9.50 Å². The average Bonchev–Trinajstić information content (AvgIpc) is 2.28. The third-order valence-corrected chi connectivity index (χ3v) is 3.34. The predicted molar refractivity (Wildman–Crippen MR) is 67.9 cm³/mol. The van der Waals surface area contributed by atoms with Crippen molar-refractivity contribution in [3.63, 3.8) is 0 Å². The molecule has 2 rings (SSSR count). The molecule has 88 valence electrons. The Bertz CT molecular complexity index is 531. The second-order valence-corrected chi connectivity index (χ2v) is 5.10. The van der Waals surface area contributed by atoms with Crippen LogP contribution in [0, 0.1) is 5.82 Å². The molecule has 0 bridgehead atoms. The molecule has 0 aliphatic rings. The Kier molecular flexibility index (Phi) is 4.05. The molecule has 0 aliphatic heterocycles. The van der Waals surface area contributed by atoms with Crippen LogP contribution in [-0.2, 0) is 6.61 Å². The number of halogens is 2. The largest absolute Gasteiger partial charge is 0.392 e. The van der Waals surface area contributed by atoms with E-state index in [4.69, 9.17) is 16.7 Å². The molecule has 0 aliphatic carbocycles. The molecule has 0 saturated carbocycles. The van der Waals surface area contributed by atoms with Crippen LogP contribution in [0.2, 0.25) is 5.02 Å². The fourth-order valence-electron chi connectivity index (χ4n) is 1.44. The van der Waals surface area contributed by atoms with E-state index in [1.807, 2.05) is 18.2 Å². The maximum absolute atomic E-state index is 13.2. The summed E-state index contributed by atoms with van der Waals surface area (Å²) in [7, 11) is 0. The van der Waals surface area contributed by atoms with Crippen molar-refractivity contribution in [2.24, 2.45) is 0 Å². The molecular weight excluding hydrogens is 259 g/mol. The van der Waals surface area contributed by atoms with E-state index in [1.54, 1.807) is 12.1 Å². The summed E-state index contributed by atoms with van der Waals surface area (Å²) in [5.74, 6) is -0.346. The van der Waals surface area contributed by atoms with E-state index >= 15 is 0 Å². The minimum Gasteiger partial charge on any atom is -0.392 e. The molecule has 4 heteroatoms. The molecule has 17 heavy (non-hydrogen) atoms. The van der Waals surface area contributed by atoms with Gasteiger partial charge in [0.2, 0.25) is 0 Å². The normalized spacial score (nSPS) is 10.5. The molecular formula is C13H10ClFOS. The minimum atomic E-state index is -0.346. The first-order chi connectivity index (χ1) is 8.17. The van der Waals surface area contributed by atoms with Gasteiger partial charge in [0.05, 0.1) is 6.61 Å². The molecule has 0 radical (unpaired) electrons. The minimum absolute atomic E-state index is 0.166. The fourth-order valence-corrected chi connectivity index (χ4v) is 2.68. The standard InChI is InChI=1S/C13H10ClFOS/c14-10-2-1-3-12(6-10)17-13-5-9(8-16)4-11(15)7-13/h1-7,16H,8H2. The van der Waals surface area contributed by atoms with E-state index in [2.05, 4.69) is 0 Å². The zero-order chi connectivity index (χ0) is 12.3. The summed E-state index contributed by atoms with van der Waals surface area (Å²) in [6, 6.07) is 11.9. The van der Waals surface area contributed by atoms with E-state index in [9.17, 15) is 4.39 Å². The molecule has 0 unspecified atom stereocenters. The van der Waals surface area contributed by atoms with Crippen molar-refractivity contribution in [2.75, 3.05) is 0 Å². The van der Waals surface area contributed by atoms with Crippen LogP contribution in [0.15, 0.2) is 52.3 Å². The second-order valence-electron chi connectivity index (χ2n) is 3.51. The summed E-state index contributed by atoms with van der Waals surface area (Å²) in [6.45, 7) is -0.166. The first kappa shape index (κ1) is 12.4. The molecule has 0 heterocycles. The van der Waals surface area contributed by atoms with Gasteiger partial charge in [0.1, 0.15) is 5.82 Å². The maximum Gasteiger partial charge on any atom is 0.124 e. The summed E-state index contributed by atoms with van der Waals surface area (Å²) in [5.41, 5.74) is 0.564. The van der Waals surface area contributed by atoms with Crippen LogP contribution in [0.4, 0.5) is 4.39 Å². The molecule has 0 amide bonds. The Balaban J connectivity index is 2.26. The van der Waals surface area contributed by atoms with E-state index in [0.29, 0.717) is 10.6 Å². The van der Waals surface area contributed by atoms with Gasteiger partial charge in [-0.3, -0.25) is 0 Å². The third-order valence-electron chi connectivity index (χ3n) is 2.15. The van der Waals surface area contributed by atoms with Crippen LogP contribution in [-0.4, -0.2) is 5.11 Å². The maximum atomic E-state index is 13.2. The van der Waals surface area contributed by atoms with Crippen molar-refractivity contribution in [1.82, 2.24) is 0 Å². The molecule has 0 saturated heterocycles. The molecule has 1 nitrogen and oxygen atoms in total. The van der Waals surface area contributed by atoms with Crippen molar-refractivity contribution in [2.45, 2.75) is 16.4 Å². The van der Waals surface area contributed by atoms with Gasteiger partial charge in [-0.1, -0.05) is 29.4 Å². The predicted octanol–water partition coefficient (Wildman–Crippen LogP) is 4.12. The lowest BCUT2D eigenvalue weighted by molar-refractivity contribution is 0.281. The number of hydrogen-bond donors (Lipinski definition) is 1. The summed E-state index contributed by atoms with van der Waals surface area (Å²) in [5, 5.41) is 9.65. The van der Waals surface area contributed by atoms with Crippen LogP contribution in [0.25, 0.3) is 0 Å². The van der Waals surface area contributed by atoms with Crippen LogP contribution in [0.1, 0.15) is 5.56 Å². The van der Waals surface area contributed by atoms with Crippen LogP contribution < -0.4 is 0 Å². The topological polar surface area (TPSA) is 20.2 Å². The Morgan fingerprint density at radius 1 is 1.12 bits per heavy atom. The van der Waals surface area contributed by atoms with Crippen LogP contribution in [0.3, 0.4) is 0 Å². The highest BCUT2D eigenvalue weighted by atomic mass is 35.5. The van der Waals surface area contributed by atoms with E-state index in [1.165, 1.54) is 23.9 Å². The Morgan fingerprint density at radius 2 is 1.94 bits per heavy atom. The third kappa shape index (κ3) is 3.46. The Morgan fingerprint density at radius 3 is 2.65 bits per heavy atom. The van der Waals surface area contributed by atoms with Gasteiger partial charge in [-0.2, -0.15) is 0 Å².